The van der Waals surface area contributed by atoms with Crippen LogP contribution in [0.25, 0.3) is 10.2 Å². The third kappa shape index (κ3) is 2.49. The van der Waals surface area contributed by atoms with Crippen LogP contribution in [0.2, 0.25) is 0 Å². The van der Waals surface area contributed by atoms with Gasteiger partial charge in [0.1, 0.15) is 0 Å². The van der Waals surface area contributed by atoms with Gasteiger partial charge in [-0.05, 0) is 48.2 Å². The van der Waals surface area contributed by atoms with E-state index >= 15 is 0 Å². The van der Waals surface area contributed by atoms with E-state index in [1.54, 1.807) is 25.6 Å². The molecule has 5 heteroatoms. The van der Waals surface area contributed by atoms with Crippen LogP contribution in [-0.4, -0.2) is 25.7 Å². The van der Waals surface area contributed by atoms with Crippen molar-refractivity contribution in [2.75, 3.05) is 25.7 Å². The number of anilines is 1. The van der Waals surface area contributed by atoms with Crippen molar-refractivity contribution in [2.24, 2.45) is 0 Å². The summed E-state index contributed by atoms with van der Waals surface area (Å²) in [5, 5.41) is 1.10. The van der Waals surface area contributed by atoms with E-state index in [0.29, 0.717) is 0 Å². The number of para-hydroxylation sites is 1. The third-order valence-electron chi connectivity index (χ3n) is 4.60. The highest BCUT2D eigenvalue weighted by Crippen LogP contribution is 2.36. The lowest BCUT2D eigenvalue weighted by Gasteiger charge is -2.29. The molecule has 124 valence electrons. The Morgan fingerprint density at radius 3 is 2.54 bits per heavy atom. The number of rotatable bonds is 3. The van der Waals surface area contributed by atoms with Crippen molar-refractivity contribution < 1.29 is 9.47 Å². The van der Waals surface area contributed by atoms with Crippen LogP contribution in [0.1, 0.15) is 16.7 Å². The second-order valence-electron chi connectivity index (χ2n) is 6.07. The maximum atomic E-state index is 5.45. The molecule has 0 spiro atoms. The second-order valence-corrected chi connectivity index (χ2v) is 7.07. The van der Waals surface area contributed by atoms with E-state index in [-0.39, 0.29) is 0 Å². The van der Waals surface area contributed by atoms with E-state index in [1.807, 2.05) is 0 Å². The Hall–Kier alpha value is -2.27. The number of benzene rings is 2. The fourth-order valence-corrected chi connectivity index (χ4v) is 4.32. The largest absolute Gasteiger partial charge is 0.493 e. The Kier molecular flexibility index (Phi) is 3.81. The Bertz CT molecular complexity index is 904. The summed E-state index contributed by atoms with van der Waals surface area (Å²) in [4.78, 5) is 7.23. The van der Waals surface area contributed by atoms with Gasteiger partial charge in [-0.3, -0.25) is 0 Å². The monoisotopic (exact) mass is 340 g/mol. The zero-order valence-electron chi connectivity index (χ0n) is 14.1. The molecule has 2 heterocycles. The topological polar surface area (TPSA) is 34.6 Å². The van der Waals surface area contributed by atoms with Crippen LogP contribution in [0.3, 0.4) is 0 Å². The highest BCUT2D eigenvalue weighted by atomic mass is 32.1. The minimum atomic E-state index is 0.790. The molecule has 0 saturated carbocycles. The van der Waals surface area contributed by atoms with Gasteiger partial charge in [0, 0.05) is 13.1 Å². The Balaban J connectivity index is 1.69. The summed E-state index contributed by atoms with van der Waals surface area (Å²) in [5.41, 5.74) is 4.98. The van der Waals surface area contributed by atoms with Gasteiger partial charge in [0.25, 0.3) is 0 Å². The molecule has 0 unspecified atom stereocenters. The zero-order chi connectivity index (χ0) is 16.7. The normalized spacial score (nSPS) is 13.9. The van der Waals surface area contributed by atoms with Crippen molar-refractivity contribution in [3.05, 3.63) is 47.0 Å². The van der Waals surface area contributed by atoms with Crippen LogP contribution in [0.4, 0.5) is 5.13 Å². The number of nitrogens with zero attached hydrogens (tertiary/aromatic N) is 2. The molecule has 0 aliphatic carbocycles. The number of hydrogen-bond acceptors (Lipinski definition) is 5. The van der Waals surface area contributed by atoms with Gasteiger partial charge in [-0.15, -0.1) is 0 Å². The van der Waals surface area contributed by atoms with Crippen LogP contribution in [0.5, 0.6) is 11.5 Å². The molecule has 0 fully saturated rings. The first-order chi connectivity index (χ1) is 11.7. The lowest BCUT2D eigenvalue weighted by Crippen LogP contribution is -2.30. The highest BCUT2D eigenvalue weighted by Gasteiger charge is 2.22. The number of aryl methyl sites for hydroxylation is 1. The number of aromatic nitrogens is 1. The van der Waals surface area contributed by atoms with E-state index in [4.69, 9.17) is 14.5 Å². The second kappa shape index (κ2) is 5.98. The number of thiazole rings is 1. The summed E-state index contributed by atoms with van der Waals surface area (Å²) < 4.78 is 12.1. The van der Waals surface area contributed by atoms with Gasteiger partial charge < -0.3 is 14.4 Å². The Morgan fingerprint density at radius 1 is 1.08 bits per heavy atom. The molecular formula is C19H20N2O2S. The van der Waals surface area contributed by atoms with Crippen molar-refractivity contribution in [2.45, 2.75) is 19.9 Å². The molecule has 1 aliphatic rings. The molecule has 0 amide bonds. The molecule has 0 atom stereocenters. The Morgan fingerprint density at radius 2 is 1.83 bits per heavy atom. The summed E-state index contributed by atoms with van der Waals surface area (Å²) in [5.74, 6) is 1.60. The smallest absolute Gasteiger partial charge is 0.186 e. The van der Waals surface area contributed by atoms with Crippen molar-refractivity contribution in [3.63, 3.8) is 0 Å². The third-order valence-corrected chi connectivity index (χ3v) is 5.68. The quantitative estimate of drug-likeness (QED) is 0.716. The SMILES string of the molecule is COc1cc2c(cc1OC)CN(c1nc3c(C)cccc3s1)CC2. The minimum absolute atomic E-state index is 0.790. The van der Waals surface area contributed by atoms with E-state index in [2.05, 4.69) is 42.2 Å². The molecule has 0 bridgehead atoms. The van der Waals surface area contributed by atoms with Gasteiger partial charge in [0.05, 0.1) is 24.4 Å². The van der Waals surface area contributed by atoms with Crippen molar-refractivity contribution in [3.8, 4) is 11.5 Å². The molecule has 0 radical (unpaired) electrons. The van der Waals surface area contributed by atoms with Gasteiger partial charge in [0.15, 0.2) is 16.6 Å². The van der Waals surface area contributed by atoms with E-state index < -0.39 is 0 Å². The molecule has 3 aromatic rings. The Labute approximate surface area is 145 Å². The fourth-order valence-electron chi connectivity index (χ4n) is 3.26. The molecular weight excluding hydrogens is 320 g/mol. The summed E-state index contributed by atoms with van der Waals surface area (Å²) in [6, 6.07) is 10.6. The lowest BCUT2D eigenvalue weighted by molar-refractivity contribution is 0.353. The van der Waals surface area contributed by atoms with Crippen LogP contribution < -0.4 is 14.4 Å². The van der Waals surface area contributed by atoms with Crippen LogP contribution in [0, 0.1) is 6.92 Å². The number of hydrogen-bond donors (Lipinski definition) is 0. The average Bonchev–Trinajstić information content (AvgIpc) is 3.05. The van der Waals surface area contributed by atoms with Gasteiger partial charge in [-0.1, -0.05) is 23.5 Å². The lowest BCUT2D eigenvalue weighted by atomic mass is 9.99. The first-order valence-corrected chi connectivity index (χ1v) is 8.86. The summed E-state index contributed by atoms with van der Waals surface area (Å²) in [6.45, 7) is 3.95. The average molecular weight is 340 g/mol. The molecule has 0 N–H and O–H groups in total. The van der Waals surface area contributed by atoms with E-state index in [0.717, 1.165) is 41.7 Å². The fraction of sp³-hybridized carbons (Fsp3) is 0.316. The van der Waals surface area contributed by atoms with Crippen molar-refractivity contribution in [1.82, 2.24) is 4.98 Å². The van der Waals surface area contributed by atoms with Gasteiger partial charge >= 0.3 is 0 Å². The minimum Gasteiger partial charge on any atom is -0.493 e. The maximum absolute atomic E-state index is 5.45. The molecule has 1 aromatic heterocycles. The maximum Gasteiger partial charge on any atom is 0.186 e. The number of ether oxygens (including phenoxy) is 2. The van der Waals surface area contributed by atoms with Gasteiger partial charge in [-0.25, -0.2) is 4.98 Å². The van der Waals surface area contributed by atoms with Gasteiger partial charge in [0.2, 0.25) is 0 Å². The molecule has 4 rings (SSSR count). The molecule has 4 nitrogen and oxygen atoms in total. The molecule has 1 aliphatic heterocycles. The van der Waals surface area contributed by atoms with Crippen LogP contribution >= 0.6 is 11.3 Å². The van der Waals surface area contributed by atoms with Crippen molar-refractivity contribution in [1.29, 1.82) is 0 Å². The first-order valence-electron chi connectivity index (χ1n) is 8.04. The van der Waals surface area contributed by atoms with Gasteiger partial charge in [-0.2, -0.15) is 0 Å². The first kappa shape index (κ1) is 15.3. The highest BCUT2D eigenvalue weighted by molar-refractivity contribution is 7.22. The van der Waals surface area contributed by atoms with Crippen molar-refractivity contribution >= 4 is 26.7 Å². The molecule has 2 aromatic carbocycles. The van der Waals surface area contributed by atoms with Crippen LogP contribution in [0.15, 0.2) is 30.3 Å². The standard InChI is InChI=1S/C19H20N2O2S/c1-12-5-4-6-17-18(12)20-19(24-17)21-8-7-13-9-15(22-2)16(23-3)10-14(13)11-21/h4-6,9-10H,7-8,11H2,1-3H3. The number of methoxy groups -OCH3 is 2. The molecule has 24 heavy (non-hydrogen) atoms. The predicted molar refractivity (Wildman–Crippen MR) is 98.7 cm³/mol. The zero-order valence-corrected chi connectivity index (χ0v) is 14.9. The number of fused-ring (bicyclic) bond motifs is 2. The van der Waals surface area contributed by atoms with E-state index in [1.165, 1.54) is 21.4 Å². The van der Waals surface area contributed by atoms with Crippen LogP contribution in [-0.2, 0) is 13.0 Å². The summed E-state index contributed by atoms with van der Waals surface area (Å²) in [6.07, 6.45) is 0.991. The molecule has 0 saturated heterocycles. The van der Waals surface area contributed by atoms with E-state index in [9.17, 15) is 0 Å². The predicted octanol–water partition coefficient (Wildman–Crippen LogP) is 4.18. The summed E-state index contributed by atoms with van der Waals surface area (Å²) >= 11 is 1.77. The summed E-state index contributed by atoms with van der Waals surface area (Å²) in [7, 11) is 3.37.